The van der Waals surface area contributed by atoms with Crippen molar-refractivity contribution in [2.45, 2.75) is 46.3 Å². The highest BCUT2D eigenvalue weighted by Crippen LogP contribution is 2.45. The number of aliphatic imine (C=N–C) groups is 1. The summed E-state index contributed by atoms with van der Waals surface area (Å²) >= 11 is 1.46. The van der Waals surface area contributed by atoms with Crippen molar-refractivity contribution in [1.29, 1.82) is 0 Å². The molecule has 0 aromatic heterocycles. The highest BCUT2D eigenvalue weighted by molar-refractivity contribution is 8.16. The van der Waals surface area contributed by atoms with Crippen molar-refractivity contribution < 1.29 is 18.7 Å². The molecule has 0 unspecified atom stereocenters. The Morgan fingerprint density at radius 3 is 2.51 bits per heavy atom. The molecule has 0 bridgehead atoms. The van der Waals surface area contributed by atoms with E-state index in [-0.39, 0.29) is 24.2 Å². The summed E-state index contributed by atoms with van der Waals surface area (Å²) in [5.41, 5.74) is 4.49. The zero-order valence-corrected chi connectivity index (χ0v) is 23.5. The third-order valence-corrected chi connectivity index (χ3v) is 7.97. The number of carbonyl (C=O) groups is 2. The van der Waals surface area contributed by atoms with Gasteiger partial charge in [0.2, 0.25) is 5.91 Å². The Morgan fingerprint density at radius 2 is 1.82 bits per heavy atom. The number of nitrogens with zero attached hydrogens (tertiary/aromatic N) is 4. The summed E-state index contributed by atoms with van der Waals surface area (Å²) in [4.78, 5) is 37.4. The Balaban J connectivity index is 1.36. The van der Waals surface area contributed by atoms with Gasteiger partial charge in [0.15, 0.2) is 5.17 Å². The van der Waals surface area contributed by atoms with E-state index in [1.165, 1.54) is 17.8 Å². The minimum absolute atomic E-state index is 0.00291. The van der Waals surface area contributed by atoms with Crippen molar-refractivity contribution >= 4 is 34.5 Å². The number of amides is 1. The van der Waals surface area contributed by atoms with E-state index in [0.29, 0.717) is 43.1 Å². The Labute approximate surface area is 233 Å². The summed E-state index contributed by atoms with van der Waals surface area (Å²) in [5.74, 6) is -0.653. The average Bonchev–Trinajstić information content (AvgIpc) is 3.29. The number of benzene rings is 2. The van der Waals surface area contributed by atoms with Gasteiger partial charge in [0.25, 0.3) is 0 Å². The van der Waals surface area contributed by atoms with Gasteiger partial charge in [0.05, 0.1) is 35.5 Å². The molecule has 9 heteroatoms. The van der Waals surface area contributed by atoms with Crippen molar-refractivity contribution in [3.8, 4) is 0 Å². The van der Waals surface area contributed by atoms with Crippen molar-refractivity contribution in [2.75, 3.05) is 31.1 Å². The molecule has 7 nitrogen and oxygen atoms in total. The summed E-state index contributed by atoms with van der Waals surface area (Å²) < 4.78 is 19.9. The van der Waals surface area contributed by atoms with Crippen molar-refractivity contribution in [3.05, 3.63) is 87.9 Å². The van der Waals surface area contributed by atoms with E-state index < -0.39 is 12.0 Å². The molecule has 0 saturated carbocycles. The quantitative estimate of drug-likeness (QED) is 0.451. The number of anilines is 1. The number of rotatable bonds is 6. The van der Waals surface area contributed by atoms with Crippen LogP contribution in [0.5, 0.6) is 0 Å². The number of thioether (sulfide) groups is 1. The van der Waals surface area contributed by atoms with Gasteiger partial charge >= 0.3 is 5.97 Å². The predicted molar refractivity (Wildman–Crippen MR) is 153 cm³/mol. The first-order chi connectivity index (χ1) is 18.7. The molecular formula is C30H33FN4O3S. The fourth-order valence-electron chi connectivity index (χ4n) is 5.24. The van der Waals surface area contributed by atoms with Crippen LogP contribution in [0.25, 0.3) is 0 Å². The lowest BCUT2D eigenvalue weighted by atomic mass is 9.93. The van der Waals surface area contributed by atoms with Crippen LogP contribution in [0, 0.1) is 12.7 Å². The lowest BCUT2D eigenvalue weighted by Gasteiger charge is -2.38. The van der Waals surface area contributed by atoms with E-state index in [1.54, 1.807) is 12.1 Å². The van der Waals surface area contributed by atoms with Crippen LogP contribution in [0.4, 0.5) is 10.1 Å². The molecule has 0 aliphatic carbocycles. The van der Waals surface area contributed by atoms with Crippen LogP contribution in [0.2, 0.25) is 0 Å². The summed E-state index contributed by atoms with van der Waals surface area (Å²) in [6.45, 7) is 9.67. The molecule has 0 spiro atoms. The van der Waals surface area contributed by atoms with Crippen molar-refractivity contribution in [3.63, 3.8) is 0 Å². The highest BCUT2D eigenvalue weighted by atomic mass is 32.2. The maximum Gasteiger partial charge on any atom is 0.338 e. The van der Waals surface area contributed by atoms with Gasteiger partial charge in [-0.15, -0.1) is 0 Å². The van der Waals surface area contributed by atoms with E-state index in [1.807, 2.05) is 72.1 Å². The lowest BCUT2D eigenvalue weighted by Crippen LogP contribution is -2.49. The van der Waals surface area contributed by atoms with Gasteiger partial charge in [0, 0.05) is 31.9 Å². The van der Waals surface area contributed by atoms with Gasteiger partial charge in [-0.3, -0.25) is 4.79 Å². The number of esters is 1. The summed E-state index contributed by atoms with van der Waals surface area (Å²) in [5, 5.41) is 2.70. The normalized spacial score (nSPS) is 19.2. The van der Waals surface area contributed by atoms with Crippen molar-refractivity contribution in [2.24, 2.45) is 4.99 Å². The molecule has 2 aromatic rings. The smallest absolute Gasteiger partial charge is 0.338 e. The van der Waals surface area contributed by atoms with E-state index >= 15 is 0 Å². The molecule has 3 heterocycles. The third kappa shape index (κ3) is 5.59. The van der Waals surface area contributed by atoms with Gasteiger partial charge in [-0.1, -0.05) is 53.7 Å². The van der Waals surface area contributed by atoms with Crippen LogP contribution < -0.4 is 4.90 Å². The topological polar surface area (TPSA) is 65.5 Å². The molecule has 5 rings (SSSR count). The second-order valence-corrected chi connectivity index (χ2v) is 11.1. The molecule has 0 radical (unpaired) electrons. The first kappa shape index (κ1) is 27.0. The summed E-state index contributed by atoms with van der Waals surface area (Å²) in [6.07, 6.45) is -0.0894. The van der Waals surface area contributed by atoms with Crippen LogP contribution in [0.15, 0.2) is 75.9 Å². The fourth-order valence-corrected chi connectivity index (χ4v) is 6.20. The molecule has 1 amide bonds. The van der Waals surface area contributed by atoms with Gasteiger partial charge in [0.1, 0.15) is 5.82 Å². The number of aryl methyl sites for hydroxylation is 1. The molecule has 0 N–H and O–H groups in total. The van der Waals surface area contributed by atoms with Crippen LogP contribution in [-0.2, 0) is 14.3 Å². The minimum atomic E-state index is -0.449. The monoisotopic (exact) mass is 548 g/mol. The van der Waals surface area contributed by atoms with E-state index in [0.717, 1.165) is 22.0 Å². The van der Waals surface area contributed by atoms with Crippen LogP contribution in [-0.4, -0.2) is 59.1 Å². The first-order valence-electron chi connectivity index (χ1n) is 13.2. The number of carbonyl (C=O) groups excluding carboxylic acids is 2. The van der Waals surface area contributed by atoms with Gasteiger partial charge in [-0.25, -0.2) is 14.2 Å². The number of para-hydroxylation sites is 1. The number of hydrogen-bond donors (Lipinski definition) is 0. The number of ether oxygens (including phenoxy) is 1. The molecule has 2 aromatic carbocycles. The predicted octanol–water partition coefficient (Wildman–Crippen LogP) is 5.40. The Morgan fingerprint density at radius 1 is 1.08 bits per heavy atom. The lowest BCUT2D eigenvalue weighted by molar-refractivity contribution is -0.143. The Bertz CT molecular complexity index is 1380. The van der Waals surface area contributed by atoms with Crippen LogP contribution in [0.3, 0.4) is 0 Å². The maximum atomic E-state index is 14.3. The highest BCUT2D eigenvalue weighted by Gasteiger charge is 2.41. The number of hydrogen-bond acceptors (Lipinski definition) is 7. The number of halogens is 1. The van der Waals surface area contributed by atoms with Gasteiger partial charge < -0.3 is 19.4 Å². The zero-order chi connectivity index (χ0) is 27.7. The Kier molecular flexibility index (Phi) is 7.79. The SMILES string of the molecule is CC1=C(C(=O)OC(C)C)[C@H](c2cccc(C)c2)N2C(CC(=O)N3CCN(c4ccccc4F)CC3)=CSC2=N1. The zero-order valence-electron chi connectivity index (χ0n) is 22.7. The largest absolute Gasteiger partial charge is 0.459 e. The van der Waals surface area contributed by atoms with Crippen LogP contribution >= 0.6 is 11.8 Å². The molecule has 1 atom stereocenters. The number of piperazine rings is 1. The molecule has 1 saturated heterocycles. The van der Waals surface area contributed by atoms with E-state index in [2.05, 4.69) is 6.07 Å². The first-order valence-corrected chi connectivity index (χ1v) is 14.1. The van der Waals surface area contributed by atoms with Crippen LogP contribution in [0.1, 0.15) is 44.4 Å². The third-order valence-electron chi connectivity index (χ3n) is 7.08. The van der Waals surface area contributed by atoms with E-state index in [4.69, 9.17) is 9.73 Å². The standard InChI is InChI=1S/C30H33FN4O3S/c1-19(2)38-29(37)27-21(4)32-30-35(28(27)22-9-7-8-20(3)16-22)23(18-39-30)17-26(36)34-14-12-33(13-15-34)25-11-6-5-10-24(25)31/h5-11,16,18-19,28H,12-15,17H2,1-4H3/t28-/m0/s1. The summed E-state index contributed by atoms with van der Waals surface area (Å²) in [7, 11) is 0. The molecule has 3 aliphatic heterocycles. The molecule has 3 aliphatic rings. The minimum Gasteiger partial charge on any atom is -0.459 e. The van der Waals surface area contributed by atoms with Gasteiger partial charge in [-0.05, 0) is 50.8 Å². The molecule has 204 valence electrons. The van der Waals surface area contributed by atoms with Gasteiger partial charge in [-0.2, -0.15) is 0 Å². The second kappa shape index (κ2) is 11.3. The second-order valence-electron chi connectivity index (χ2n) is 10.3. The average molecular weight is 549 g/mol. The molecule has 39 heavy (non-hydrogen) atoms. The number of allylic oxidation sites excluding steroid dienone is 1. The van der Waals surface area contributed by atoms with E-state index in [9.17, 15) is 14.0 Å². The number of amidine groups is 1. The summed E-state index contributed by atoms with van der Waals surface area (Å²) in [6, 6.07) is 14.3. The van der Waals surface area contributed by atoms with Crippen molar-refractivity contribution in [1.82, 2.24) is 9.80 Å². The fraction of sp³-hybridized carbons (Fsp3) is 0.367. The molecule has 1 fully saturated rings. The number of fused-ring (bicyclic) bond motifs is 1. The molecular weight excluding hydrogens is 515 g/mol. The maximum absolute atomic E-state index is 14.3. The Hall–Kier alpha value is -3.59.